The molecule has 0 atom stereocenters. The molecule has 0 bridgehead atoms. The number of rotatable bonds is 3. The highest BCUT2D eigenvalue weighted by Crippen LogP contribution is 2.33. The van der Waals surface area contributed by atoms with Crippen LogP contribution in [-0.2, 0) is 10.9 Å². The lowest BCUT2D eigenvalue weighted by Gasteiger charge is -2.08. The summed E-state index contributed by atoms with van der Waals surface area (Å²) in [5, 5.41) is 3.04. The molecule has 13 heteroatoms. The Morgan fingerprint density at radius 1 is 1.14 bits per heavy atom. The molecule has 0 unspecified atom stereocenters. The number of benzene rings is 1. The van der Waals surface area contributed by atoms with E-state index in [2.05, 4.69) is 14.8 Å². The average molecular weight is 423 g/mol. The summed E-state index contributed by atoms with van der Waals surface area (Å²) in [7, 11) is 0. The van der Waals surface area contributed by atoms with E-state index in [1.807, 2.05) is 0 Å². The molecule has 154 valence electrons. The standard InChI is InChI=1S/C16H8F7N3O3/c1-2-29-15(28)9-13(16(21,22)23)25-26-8(27)4-7(24-14(9)26)5-3-6(17)11(19)12(20)10(5)18/h3-4,24H,2H2,1H3. The van der Waals surface area contributed by atoms with Gasteiger partial charge in [0.15, 0.2) is 34.6 Å². The molecule has 0 aliphatic heterocycles. The zero-order valence-corrected chi connectivity index (χ0v) is 14.1. The van der Waals surface area contributed by atoms with E-state index < -0.39 is 69.1 Å². The monoisotopic (exact) mass is 423 g/mol. The maximum Gasteiger partial charge on any atom is 0.436 e. The first-order valence-corrected chi connectivity index (χ1v) is 7.71. The smallest absolute Gasteiger partial charge is 0.436 e. The zero-order chi connectivity index (χ0) is 21.7. The van der Waals surface area contributed by atoms with Gasteiger partial charge in [-0.05, 0) is 13.0 Å². The molecule has 29 heavy (non-hydrogen) atoms. The van der Waals surface area contributed by atoms with Crippen molar-refractivity contribution >= 4 is 11.6 Å². The van der Waals surface area contributed by atoms with Crippen LogP contribution in [0.25, 0.3) is 16.9 Å². The van der Waals surface area contributed by atoms with E-state index in [9.17, 15) is 40.3 Å². The van der Waals surface area contributed by atoms with Crippen molar-refractivity contribution in [3.8, 4) is 11.3 Å². The Morgan fingerprint density at radius 3 is 2.38 bits per heavy atom. The van der Waals surface area contributed by atoms with Gasteiger partial charge in [0.2, 0.25) is 0 Å². The third kappa shape index (κ3) is 3.32. The number of carbonyl (C=O) groups excluding carboxylic acids is 1. The minimum Gasteiger partial charge on any atom is -0.462 e. The molecule has 2 heterocycles. The Hall–Kier alpha value is -3.38. The number of alkyl halides is 3. The number of esters is 1. The van der Waals surface area contributed by atoms with Crippen LogP contribution in [0.15, 0.2) is 16.9 Å². The number of carbonyl (C=O) groups is 1. The van der Waals surface area contributed by atoms with Gasteiger partial charge in [-0.3, -0.25) is 4.79 Å². The first-order chi connectivity index (χ1) is 13.5. The van der Waals surface area contributed by atoms with Gasteiger partial charge in [-0.25, -0.2) is 22.4 Å². The largest absolute Gasteiger partial charge is 0.462 e. The number of hydrogen-bond donors (Lipinski definition) is 1. The first-order valence-electron chi connectivity index (χ1n) is 7.71. The number of fused-ring (bicyclic) bond motifs is 1. The molecule has 1 N–H and O–H groups in total. The third-order valence-electron chi connectivity index (χ3n) is 3.76. The summed E-state index contributed by atoms with van der Waals surface area (Å²) < 4.78 is 98.6. The predicted molar refractivity (Wildman–Crippen MR) is 82.0 cm³/mol. The molecule has 0 radical (unpaired) electrons. The van der Waals surface area contributed by atoms with Gasteiger partial charge in [-0.1, -0.05) is 0 Å². The fourth-order valence-corrected chi connectivity index (χ4v) is 2.55. The van der Waals surface area contributed by atoms with Crippen molar-refractivity contribution in [3.63, 3.8) is 0 Å². The molecule has 0 aliphatic carbocycles. The van der Waals surface area contributed by atoms with Crippen molar-refractivity contribution in [2.45, 2.75) is 13.1 Å². The topological polar surface area (TPSA) is 76.5 Å². The molecule has 0 aliphatic rings. The summed E-state index contributed by atoms with van der Waals surface area (Å²) in [6.45, 7) is 0.991. The lowest BCUT2D eigenvalue weighted by molar-refractivity contribution is -0.141. The Balaban J connectivity index is 2.39. The van der Waals surface area contributed by atoms with E-state index in [4.69, 9.17) is 0 Å². The molecule has 3 rings (SSSR count). The van der Waals surface area contributed by atoms with Gasteiger partial charge in [-0.2, -0.15) is 22.8 Å². The zero-order valence-electron chi connectivity index (χ0n) is 14.1. The van der Waals surface area contributed by atoms with Gasteiger partial charge >= 0.3 is 12.1 Å². The fraction of sp³-hybridized carbons (Fsp3) is 0.188. The van der Waals surface area contributed by atoms with Crippen molar-refractivity contribution in [3.05, 3.63) is 57.0 Å². The van der Waals surface area contributed by atoms with Crippen molar-refractivity contribution in [1.29, 1.82) is 0 Å². The highest BCUT2D eigenvalue weighted by atomic mass is 19.4. The minimum absolute atomic E-state index is 0.159. The minimum atomic E-state index is -5.17. The third-order valence-corrected chi connectivity index (χ3v) is 3.76. The van der Waals surface area contributed by atoms with Crippen LogP contribution in [0, 0.1) is 23.3 Å². The van der Waals surface area contributed by atoms with E-state index in [-0.39, 0.29) is 17.2 Å². The van der Waals surface area contributed by atoms with Crippen molar-refractivity contribution < 1.29 is 40.3 Å². The number of nitrogens with zero attached hydrogens (tertiary/aromatic N) is 2. The van der Waals surface area contributed by atoms with Crippen molar-refractivity contribution in [1.82, 2.24) is 14.6 Å². The SMILES string of the molecule is CCOC(=O)c1c(C(F)(F)F)nn2c(=O)cc(-c3cc(F)c(F)c(F)c3F)[nH]c12. The Bertz CT molecular complexity index is 1200. The highest BCUT2D eigenvalue weighted by Gasteiger charge is 2.41. The number of nitrogens with one attached hydrogen (secondary N) is 1. The lowest BCUT2D eigenvalue weighted by atomic mass is 10.1. The predicted octanol–water partition coefficient (Wildman–Crippen LogP) is 3.44. The molecule has 0 amide bonds. The van der Waals surface area contributed by atoms with Gasteiger partial charge in [0.05, 0.1) is 12.3 Å². The number of H-pyrrole nitrogens is 1. The molecule has 6 nitrogen and oxygen atoms in total. The second-order valence-corrected chi connectivity index (χ2v) is 5.57. The van der Waals surface area contributed by atoms with Gasteiger partial charge in [-0.15, -0.1) is 0 Å². The maximum atomic E-state index is 14.0. The van der Waals surface area contributed by atoms with Gasteiger partial charge < -0.3 is 9.72 Å². The molecule has 3 aromatic rings. The summed E-state index contributed by atoms with van der Waals surface area (Å²) in [4.78, 5) is 26.3. The van der Waals surface area contributed by atoms with Crippen molar-refractivity contribution in [2.75, 3.05) is 6.61 Å². The van der Waals surface area contributed by atoms with Crippen LogP contribution >= 0.6 is 0 Å². The van der Waals surface area contributed by atoms with Crippen LogP contribution in [0.4, 0.5) is 30.7 Å². The molecule has 0 saturated heterocycles. The van der Waals surface area contributed by atoms with Crippen LogP contribution in [0.3, 0.4) is 0 Å². The Morgan fingerprint density at radius 2 is 1.79 bits per heavy atom. The van der Waals surface area contributed by atoms with Gasteiger partial charge in [0.1, 0.15) is 5.56 Å². The molecule has 0 fully saturated rings. The van der Waals surface area contributed by atoms with E-state index >= 15 is 0 Å². The lowest BCUT2D eigenvalue weighted by Crippen LogP contribution is -2.16. The summed E-state index contributed by atoms with van der Waals surface area (Å²) in [6.07, 6.45) is -5.17. The molecular weight excluding hydrogens is 415 g/mol. The number of ether oxygens (including phenoxy) is 1. The van der Waals surface area contributed by atoms with Crippen LogP contribution in [-0.4, -0.2) is 27.2 Å². The molecule has 2 aromatic heterocycles. The number of hydrogen-bond acceptors (Lipinski definition) is 4. The van der Waals surface area contributed by atoms with Crippen LogP contribution in [0.1, 0.15) is 23.0 Å². The second-order valence-electron chi connectivity index (χ2n) is 5.57. The molecule has 1 aromatic carbocycles. The number of aromatic amines is 1. The van der Waals surface area contributed by atoms with Crippen LogP contribution in [0.2, 0.25) is 0 Å². The number of aromatic nitrogens is 3. The summed E-state index contributed by atoms with van der Waals surface area (Å²) in [5.41, 5.74) is -6.83. The molecule has 0 saturated carbocycles. The van der Waals surface area contributed by atoms with E-state index in [1.54, 1.807) is 0 Å². The number of halogens is 7. The average Bonchev–Trinajstić information content (AvgIpc) is 3.03. The maximum absolute atomic E-state index is 14.0. The van der Waals surface area contributed by atoms with Crippen LogP contribution in [0.5, 0.6) is 0 Å². The van der Waals surface area contributed by atoms with E-state index in [0.717, 1.165) is 0 Å². The van der Waals surface area contributed by atoms with Crippen molar-refractivity contribution in [2.24, 2.45) is 0 Å². The van der Waals surface area contributed by atoms with E-state index in [1.165, 1.54) is 6.92 Å². The van der Waals surface area contributed by atoms with Gasteiger partial charge in [0, 0.05) is 11.6 Å². The Kier molecular flexibility index (Phi) is 4.84. The van der Waals surface area contributed by atoms with E-state index in [0.29, 0.717) is 6.07 Å². The Labute approximate surface area is 155 Å². The molecule has 0 spiro atoms. The summed E-state index contributed by atoms with van der Waals surface area (Å²) in [5.74, 6) is -9.53. The fourth-order valence-electron chi connectivity index (χ4n) is 2.55. The second kappa shape index (κ2) is 6.90. The normalized spacial score (nSPS) is 11.9. The van der Waals surface area contributed by atoms with Crippen LogP contribution < -0.4 is 5.56 Å². The summed E-state index contributed by atoms with van der Waals surface area (Å²) in [6, 6.07) is 0.672. The molecular formula is C16H8F7N3O3. The quantitative estimate of drug-likeness (QED) is 0.303. The summed E-state index contributed by atoms with van der Waals surface area (Å²) >= 11 is 0. The highest BCUT2D eigenvalue weighted by molar-refractivity contribution is 5.97. The first kappa shape index (κ1) is 20.4. The van der Waals surface area contributed by atoms with Gasteiger partial charge in [0.25, 0.3) is 5.56 Å².